The van der Waals surface area contributed by atoms with Gasteiger partial charge in [0.15, 0.2) is 0 Å². The van der Waals surface area contributed by atoms with Crippen LogP contribution in [0.1, 0.15) is 5.56 Å². The number of hydrogen-bond acceptors (Lipinski definition) is 2. The topological polar surface area (TPSA) is 24.9 Å². The lowest BCUT2D eigenvalue weighted by Crippen LogP contribution is -2.06. The molecule has 0 amide bonds. The molecule has 1 heterocycles. The van der Waals surface area contributed by atoms with Gasteiger partial charge in [-0.2, -0.15) is 0 Å². The van der Waals surface area contributed by atoms with Crippen LogP contribution in [0.3, 0.4) is 0 Å². The molecule has 0 unspecified atom stereocenters. The van der Waals surface area contributed by atoms with Crippen molar-refractivity contribution in [3.63, 3.8) is 0 Å². The Morgan fingerprint density at radius 1 is 1.19 bits per heavy atom. The van der Waals surface area contributed by atoms with Crippen LogP contribution in [0.5, 0.6) is 0 Å². The Hall–Kier alpha value is -1.38. The summed E-state index contributed by atoms with van der Waals surface area (Å²) in [5.74, 6) is 0. The highest BCUT2D eigenvalue weighted by Crippen LogP contribution is 2.24. The summed E-state index contributed by atoms with van der Waals surface area (Å²) in [5.41, 5.74) is 3.55. The smallest absolute Gasteiger partial charge is 0.0406 e. The maximum atomic E-state index is 5.88. The first-order valence-electron chi connectivity index (χ1n) is 5.14. The van der Waals surface area contributed by atoms with Crippen molar-refractivity contribution in [3.8, 4) is 11.1 Å². The molecule has 82 valence electrons. The van der Waals surface area contributed by atoms with E-state index in [2.05, 4.69) is 10.3 Å². The van der Waals surface area contributed by atoms with Crippen LogP contribution in [0.4, 0.5) is 0 Å². The van der Waals surface area contributed by atoms with Gasteiger partial charge in [-0.05, 0) is 41.9 Å². The standard InChI is InChI=1S/C13H13ClN2/c1-15-8-11-9-16-7-6-13(11)10-2-4-12(14)5-3-10/h2-7,9,15H,8H2,1H3. The fourth-order valence-corrected chi connectivity index (χ4v) is 1.80. The predicted molar refractivity (Wildman–Crippen MR) is 67.4 cm³/mol. The van der Waals surface area contributed by atoms with Crippen molar-refractivity contribution in [2.24, 2.45) is 0 Å². The summed E-state index contributed by atoms with van der Waals surface area (Å²) in [4.78, 5) is 4.14. The van der Waals surface area contributed by atoms with Crippen LogP contribution in [0.25, 0.3) is 11.1 Å². The zero-order chi connectivity index (χ0) is 11.4. The van der Waals surface area contributed by atoms with Gasteiger partial charge in [-0.15, -0.1) is 0 Å². The molecule has 0 fully saturated rings. The number of nitrogens with zero attached hydrogens (tertiary/aromatic N) is 1. The first-order chi connectivity index (χ1) is 7.81. The van der Waals surface area contributed by atoms with E-state index < -0.39 is 0 Å². The van der Waals surface area contributed by atoms with E-state index in [1.807, 2.05) is 49.8 Å². The van der Waals surface area contributed by atoms with Gasteiger partial charge in [0, 0.05) is 24.0 Å². The van der Waals surface area contributed by atoms with Crippen LogP contribution in [0.2, 0.25) is 5.02 Å². The maximum absolute atomic E-state index is 5.88. The molecule has 2 rings (SSSR count). The van der Waals surface area contributed by atoms with Crippen molar-refractivity contribution >= 4 is 11.6 Å². The van der Waals surface area contributed by atoms with Crippen molar-refractivity contribution in [1.29, 1.82) is 0 Å². The van der Waals surface area contributed by atoms with Gasteiger partial charge in [0.25, 0.3) is 0 Å². The molecule has 0 radical (unpaired) electrons. The third-order valence-electron chi connectivity index (χ3n) is 2.43. The quantitative estimate of drug-likeness (QED) is 0.880. The molecule has 3 heteroatoms. The lowest BCUT2D eigenvalue weighted by molar-refractivity contribution is 0.815. The minimum absolute atomic E-state index is 0.757. The van der Waals surface area contributed by atoms with E-state index in [9.17, 15) is 0 Å². The van der Waals surface area contributed by atoms with Crippen LogP contribution in [-0.4, -0.2) is 12.0 Å². The SMILES string of the molecule is CNCc1cnccc1-c1ccc(Cl)cc1. The van der Waals surface area contributed by atoms with E-state index in [-0.39, 0.29) is 0 Å². The molecule has 0 bridgehead atoms. The molecule has 0 aliphatic heterocycles. The molecule has 1 N–H and O–H groups in total. The van der Waals surface area contributed by atoms with Crippen molar-refractivity contribution in [2.75, 3.05) is 7.05 Å². The molecule has 0 saturated heterocycles. The zero-order valence-electron chi connectivity index (χ0n) is 9.07. The summed E-state index contributed by atoms with van der Waals surface area (Å²) < 4.78 is 0. The van der Waals surface area contributed by atoms with Gasteiger partial charge < -0.3 is 5.32 Å². The highest BCUT2D eigenvalue weighted by molar-refractivity contribution is 6.30. The van der Waals surface area contributed by atoms with Crippen LogP contribution >= 0.6 is 11.6 Å². The molecule has 1 aromatic carbocycles. The van der Waals surface area contributed by atoms with Gasteiger partial charge in [0.1, 0.15) is 0 Å². The Labute approximate surface area is 100 Å². The van der Waals surface area contributed by atoms with Crippen molar-refractivity contribution in [3.05, 3.63) is 53.3 Å². The lowest BCUT2D eigenvalue weighted by Gasteiger charge is -2.08. The Balaban J connectivity index is 2.42. The lowest BCUT2D eigenvalue weighted by atomic mass is 10.0. The number of benzene rings is 1. The molecule has 0 aliphatic rings. The number of aromatic nitrogens is 1. The van der Waals surface area contributed by atoms with Gasteiger partial charge >= 0.3 is 0 Å². The minimum atomic E-state index is 0.757. The van der Waals surface area contributed by atoms with Gasteiger partial charge in [-0.1, -0.05) is 23.7 Å². The highest BCUT2D eigenvalue weighted by atomic mass is 35.5. The van der Waals surface area contributed by atoms with E-state index >= 15 is 0 Å². The molecule has 1 aromatic heterocycles. The second kappa shape index (κ2) is 5.10. The normalized spacial score (nSPS) is 10.4. The maximum Gasteiger partial charge on any atom is 0.0406 e. The van der Waals surface area contributed by atoms with Gasteiger partial charge in [-0.3, -0.25) is 4.98 Å². The van der Waals surface area contributed by atoms with Crippen molar-refractivity contribution < 1.29 is 0 Å². The van der Waals surface area contributed by atoms with Gasteiger partial charge in [0.2, 0.25) is 0 Å². The second-order valence-electron chi connectivity index (χ2n) is 3.57. The number of halogens is 1. The second-order valence-corrected chi connectivity index (χ2v) is 4.01. The van der Waals surface area contributed by atoms with Crippen LogP contribution < -0.4 is 5.32 Å². The molecule has 0 spiro atoms. The minimum Gasteiger partial charge on any atom is -0.316 e. The number of pyridine rings is 1. The van der Waals surface area contributed by atoms with Gasteiger partial charge in [0.05, 0.1) is 0 Å². The molecule has 0 saturated carbocycles. The highest BCUT2D eigenvalue weighted by Gasteiger charge is 2.03. The summed E-state index contributed by atoms with van der Waals surface area (Å²) >= 11 is 5.88. The van der Waals surface area contributed by atoms with E-state index in [0.29, 0.717) is 0 Å². The Bertz CT molecular complexity index is 466. The summed E-state index contributed by atoms with van der Waals surface area (Å²) in [6.45, 7) is 0.811. The van der Waals surface area contributed by atoms with E-state index in [0.717, 1.165) is 17.1 Å². The number of nitrogens with one attached hydrogen (secondary N) is 1. The predicted octanol–water partition coefficient (Wildman–Crippen LogP) is 3.12. The van der Waals surface area contributed by atoms with Crippen LogP contribution in [0.15, 0.2) is 42.7 Å². The van der Waals surface area contributed by atoms with Crippen molar-refractivity contribution in [1.82, 2.24) is 10.3 Å². The van der Waals surface area contributed by atoms with Gasteiger partial charge in [-0.25, -0.2) is 0 Å². The molecule has 2 aromatic rings. The molecular weight excluding hydrogens is 220 g/mol. The zero-order valence-corrected chi connectivity index (χ0v) is 9.83. The van der Waals surface area contributed by atoms with Crippen LogP contribution in [-0.2, 0) is 6.54 Å². The fraction of sp³-hybridized carbons (Fsp3) is 0.154. The van der Waals surface area contributed by atoms with Crippen molar-refractivity contribution in [2.45, 2.75) is 6.54 Å². The molecule has 16 heavy (non-hydrogen) atoms. The monoisotopic (exact) mass is 232 g/mol. The summed E-state index contributed by atoms with van der Waals surface area (Å²) in [6.07, 6.45) is 3.70. The Morgan fingerprint density at radius 2 is 1.94 bits per heavy atom. The van der Waals surface area contributed by atoms with E-state index in [1.165, 1.54) is 11.1 Å². The van der Waals surface area contributed by atoms with E-state index in [4.69, 9.17) is 11.6 Å². The first kappa shape index (κ1) is 11.1. The molecular formula is C13H13ClN2. The largest absolute Gasteiger partial charge is 0.316 e. The molecule has 0 aliphatic carbocycles. The first-order valence-corrected chi connectivity index (χ1v) is 5.52. The fourth-order valence-electron chi connectivity index (χ4n) is 1.67. The third-order valence-corrected chi connectivity index (χ3v) is 2.68. The summed E-state index contributed by atoms with van der Waals surface area (Å²) in [7, 11) is 1.93. The average molecular weight is 233 g/mol. The Kier molecular flexibility index (Phi) is 3.54. The molecule has 2 nitrogen and oxygen atoms in total. The third kappa shape index (κ3) is 2.40. The average Bonchev–Trinajstić information content (AvgIpc) is 2.32. The van der Waals surface area contributed by atoms with E-state index in [1.54, 1.807) is 0 Å². The number of hydrogen-bond donors (Lipinski definition) is 1. The summed E-state index contributed by atoms with van der Waals surface area (Å²) in [5, 5.41) is 3.90. The Morgan fingerprint density at radius 3 is 2.62 bits per heavy atom. The summed E-state index contributed by atoms with van der Waals surface area (Å²) in [6, 6.07) is 9.88. The molecule has 0 atom stereocenters. The van der Waals surface area contributed by atoms with Crippen LogP contribution in [0, 0.1) is 0 Å². The number of rotatable bonds is 3.